The smallest absolute Gasteiger partial charge is 0.261 e. The van der Waals surface area contributed by atoms with Crippen molar-refractivity contribution in [2.45, 2.75) is 13.0 Å². The third-order valence-corrected chi connectivity index (χ3v) is 2.82. The highest BCUT2D eigenvalue weighted by Gasteiger charge is 2.01. The van der Waals surface area contributed by atoms with Crippen LogP contribution in [0.5, 0.6) is 0 Å². The standard InChI is InChI=1S/C11H11BrN2O/c12-6-3-7-14-8-13-10-5-2-1-4-9(10)11(14)15/h1-2,4-5,8H,3,6-7H2. The molecule has 78 valence electrons. The number of fused-ring (bicyclic) bond motifs is 1. The van der Waals surface area contributed by atoms with Gasteiger partial charge in [-0.25, -0.2) is 4.98 Å². The fourth-order valence-corrected chi connectivity index (χ4v) is 1.75. The minimum Gasteiger partial charge on any atom is -0.299 e. The summed E-state index contributed by atoms with van der Waals surface area (Å²) < 4.78 is 1.66. The topological polar surface area (TPSA) is 34.9 Å². The Labute approximate surface area is 95.9 Å². The van der Waals surface area contributed by atoms with Gasteiger partial charge in [-0.15, -0.1) is 0 Å². The molecule has 2 aromatic rings. The maximum Gasteiger partial charge on any atom is 0.261 e. The second-order valence-electron chi connectivity index (χ2n) is 3.30. The minimum atomic E-state index is 0.0431. The van der Waals surface area contributed by atoms with Crippen LogP contribution in [-0.2, 0) is 6.54 Å². The third kappa shape index (κ3) is 2.09. The minimum absolute atomic E-state index is 0.0431. The molecule has 0 radical (unpaired) electrons. The van der Waals surface area contributed by atoms with E-state index in [2.05, 4.69) is 20.9 Å². The van der Waals surface area contributed by atoms with Crippen LogP contribution in [0.25, 0.3) is 10.9 Å². The molecule has 2 rings (SSSR count). The lowest BCUT2D eigenvalue weighted by Gasteiger charge is -2.04. The van der Waals surface area contributed by atoms with Crippen LogP contribution >= 0.6 is 15.9 Å². The number of nitrogens with zero attached hydrogens (tertiary/aromatic N) is 2. The number of rotatable bonds is 3. The van der Waals surface area contributed by atoms with E-state index in [1.54, 1.807) is 10.9 Å². The van der Waals surface area contributed by atoms with Gasteiger partial charge in [0.15, 0.2) is 0 Å². The zero-order chi connectivity index (χ0) is 10.7. The largest absolute Gasteiger partial charge is 0.299 e. The molecule has 0 saturated carbocycles. The summed E-state index contributed by atoms with van der Waals surface area (Å²) in [5.74, 6) is 0. The van der Waals surface area contributed by atoms with Crippen LogP contribution in [0, 0.1) is 0 Å². The van der Waals surface area contributed by atoms with Crippen molar-refractivity contribution in [3.63, 3.8) is 0 Å². The van der Waals surface area contributed by atoms with E-state index in [0.717, 1.165) is 17.3 Å². The van der Waals surface area contributed by atoms with Gasteiger partial charge < -0.3 is 0 Å². The summed E-state index contributed by atoms with van der Waals surface area (Å²) in [7, 11) is 0. The lowest BCUT2D eigenvalue weighted by molar-refractivity contribution is 0.654. The number of benzene rings is 1. The van der Waals surface area contributed by atoms with E-state index in [-0.39, 0.29) is 5.56 Å². The van der Waals surface area contributed by atoms with Gasteiger partial charge >= 0.3 is 0 Å². The lowest BCUT2D eigenvalue weighted by atomic mass is 10.2. The Hall–Kier alpha value is -1.16. The maximum atomic E-state index is 11.9. The van der Waals surface area contributed by atoms with Crippen LogP contribution < -0.4 is 5.56 Å². The average molecular weight is 267 g/mol. The first-order chi connectivity index (χ1) is 7.33. The van der Waals surface area contributed by atoms with Crippen molar-refractivity contribution in [1.82, 2.24) is 9.55 Å². The van der Waals surface area contributed by atoms with E-state index in [0.29, 0.717) is 11.9 Å². The van der Waals surface area contributed by atoms with Crippen molar-refractivity contribution in [2.75, 3.05) is 5.33 Å². The molecule has 4 heteroatoms. The second kappa shape index (κ2) is 4.57. The normalized spacial score (nSPS) is 10.7. The highest BCUT2D eigenvalue weighted by Crippen LogP contribution is 2.04. The molecule has 1 heterocycles. The molecule has 0 bridgehead atoms. The van der Waals surface area contributed by atoms with Crippen LogP contribution in [0.2, 0.25) is 0 Å². The fourth-order valence-electron chi connectivity index (χ4n) is 1.50. The lowest BCUT2D eigenvalue weighted by Crippen LogP contribution is -2.20. The summed E-state index contributed by atoms with van der Waals surface area (Å²) in [6, 6.07) is 7.42. The van der Waals surface area contributed by atoms with Crippen LogP contribution in [0.1, 0.15) is 6.42 Å². The molecule has 1 aromatic carbocycles. The Morgan fingerprint density at radius 1 is 1.33 bits per heavy atom. The summed E-state index contributed by atoms with van der Waals surface area (Å²) in [5, 5.41) is 1.58. The Balaban J connectivity index is 2.51. The van der Waals surface area contributed by atoms with Crippen molar-refractivity contribution in [2.24, 2.45) is 0 Å². The number of aryl methyl sites for hydroxylation is 1. The zero-order valence-electron chi connectivity index (χ0n) is 8.19. The van der Waals surface area contributed by atoms with E-state index in [4.69, 9.17) is 0 Å². The van der Waals surface area contributed by atoms with Crippen molar-refractivity contribution in [3.8, 4) is 0 Å². The SMILES string of the molecule is O=c1c2ccccc2ncn1CCCBr. The summed E-state index contributed by atoms with van der Waals surface area (Å²) in [6.07, 6.45) is 2.55. The van der Waals surface area contributed by atoms with E-state index in [1.165, 1.54) is 0 Å². The van der Waals surface area contributed by atoms with Crippen LogP contribution in [-0.4, -0.2) is 14.9 Å². The van der Waals surface area contributed by atoms with Crippen molar-refractivity contribution >= 4 is 26.8 Å². The molecule has 0 unspecified atom stereocenters. The molecule has 0 spiro atoms. The molecule has 0 saturated heterocycles. The Morgan fingerprint density at radius 2 is 2.13 bits per heavy atom. The fraction of sp³-hybridized carbons (Fsp3) is 0.273. The number of para-hydroxylation sites is 1. The first-order valence-electron chi connectivity index (χ1n) is 4.83. The number of alkyl halides is 1. The summed E-state index contributed by atoms with van der Waals surface area (Å²) >= 11 is 3.35. The van der Waals surface area contributed by atoms with Crippen molar-refractivity contribution in [1.29, 1.82) is 0 Å². The van der Waals surface area contributed by atoms with Crippen LogP contribution in [0.3, 0.4) is 0 Å². The monoisotopic (exact) mass is 266 g/mol. The van der Waals surface area contributed by atoms with Gasteiger partial charge in [0.2, 0.25) is 0 Å². The molecular formula is C11H11BrN2O. The Morgan fingerprint density at radius 3 is 2.93 bits per heavy atom. The highest BCUT2D eigenvalue weighted by atomic mass is 79.9. The molecule has 0 amide bonds. The predicted octanol–water partition coefficient (Wildman–Crippen LogP) is 2.18. The molecule has 1 aromatic heterocycles. The zero-order valence-corrected chi connectivity index (χ0v) is 9.77. The van der Waals surface area contributed by atoms with Crippen molar-refractivity contribution < 1.29 is 0 Å². The van der Waals surface area contributed by atoms with E-state index >= 15 is 0 Å². The molecule has 0 aliphatic rings. The Kier molecular flexibility index (Phi) is 3.16. The molecule has 0 aliphatic carbocycles. The molecule has 0 atom stereocenters. The number of hydrogen-bond acceptors (Lipinski definition) is 2. The molecule has 15 heavy (non-hydrogen) atoms. The van der Waals surface area contributed by atoms with Gasteiger partial charge in [0.1, 0.15) is 0 Å². The molecule has 0 aliphatic heterocycles. The number of halogens is 1. The third-order valence-electron chi connectivity index (χ3n) is 2.26. The predicted molar refractivity (Wildman–Crippen MR) is 64.4 cm³/mol. The number of hydrogen-bond donors (Lipinski definition) is 0. The van der Waals surface area contributed by atoms with Gasteiger partial charge in [-0.1, -0.05) is 28.1 Å². The highest BCUT2D eigenvalue weighted by molar-refractivity contribution is 9.09. The van der Waals surface area contributed by atoms with Gasteiger partial charge in [0.05, 0.1) is 17.2 Å². The first kappa shape index (κ1) is 10.4. The molecule has 0 N–H and O–H groups in total. The second-order valence-corrected chi connectivity index (χ2v) is 4.10. The van der Waals surface area contributed by atoms with Crippen LogP contribution in [0.4, 0.5) is 0 Å². The number of aromatic nitrogens is 2. The maximum absolute atomic E-state index is 11.9. The van der Waals surface area contributed by atoms with Gasteiger partial charge in [-0.3, -0.25) is 9.36 Å². The van der Waals surface area contributed by atoms with Crippen LogP contribution in [0.15, 0.2) is 35.4 Å². The molecular weight excluding hydrogens is 256 g/mol. The van der Waals surface area contributed by atoms with Gasteiger partial charge in [-0.05, 0) is 18.6 Å². The van der Waals surface area contributed by atoms with Gasteiger partial charge in [0, 0.05) is 11.9 Å². The summed E-state index contributed by atoms with van der Waals surface area (Å²) in [5.41, 5.74) is 0.805. The van der Waals surface area contributed by atoms with Crippen molar-refractivity contribution in [3.05, 3.63) is 40.9 Å². The first-order valence-corrected chi connectivity index (χ1v) is 5.95. The van der Waals surface area contributed by atoms with Gasteiger partial charge in [-0.2, -0.15) is 0 Å². The summed E-state index contributed by atoms with van der Waals surface area (Å²) in [6.45, 7) is 0.710. The van der Waals surface area contributed by atoms with E-state index < -0.39 is 0 Å². The molecule has 0 fully saturated rings. The Bertz CT molecular complexity index is 521. The summed E-state index contributed by atoms with van der Waals surface area (Å²) in [4.78, 5) is 16.2. The average Bonchev–Trinajstić information content (AvgIpc) is 2.29. The quantitative estimate of drug-likeness (QED) is 0.799. The van der Waals surface area contributed by atoms with E-state index in [9.17, 15) is 4.79 Å². The van der Waals surface area contributed by atoms with E-state index in [1.807, 2.05) is 24.3 Å². The van der Waals surface area contributed by atoms with Gasteiger partial charge in [0.25, 0.3) is 5.56 Å². The molecule has 3 nitrogen and oxygen atoms in total.